The molecule has 21 heavy (non-hydrogen) atoms. The smallest absolute Gasteiger partial charge is 0.387 e. The number of H-pyrrole nitrogens is 1. The minimum Gasteiger partial charge on any atom is -0.435 e. The number of benzene rings is 1. The van der Waals surface area contributed by atoms with Gasteiger partial charge in [0.25, 0.3) is 0 Å². The largest absolute Gasteiger partial charge is 0.435 e. The number of halogens is 2. The summed E-state index contributed by atoms with van der Waals surface area (Å²) in [6.07, 6.45) is 1.89. The van der Waals surface area contributed by atoms with Crippen LogP contribution in [0.2, 0.25) is 0 Å². The number of ether oxygens (including phenoxy) is 1. The van der Waals surface area contributed by atoms with E-state index >= 15 is 0 Å². The monoisotopic (exact) mass is 295 g/mol. The van der Waals surface area contributed by atoms with E-state index in [0.29, 0.717) is 11.7 Å². The summed E-state index contributed by atoms with van der Waals surface area (Å²) in [6.45, 7) is 1.46. The van der Waals surface area contributed by atoms with E-state index < -0.39 is 6.61 Å². The van der Waals surface area contributed by atoms with E-state index in [4.69, 9.17) is 5.73 Å². The van der Waals surface area contributed by atoms with E-state index in [1.165, 1.54) is 12.1 Å². The van der Waals surface area contributed by atoms with Crippen molar-refractivity contribution in [1.29, 1.82) is 0 Å². The number of nitrogens with two attached hydrogens (primary N) is 1. The van der Waals surface area contributed by atoms with Crippen LogP contribution in [-0.4, -0.2) is 16.8 Å². The Morgan fingerprint density at radius 1 is 1.29 bits per heavy atom. The van der Waals surface area contributed by atoms with Gasteiger partial charge in [-0.25, -0.2) is 0 Å². The van der Waals surface area contributed by atoms with Gasteiger partial charge in [0.05, 0.1) is 0 Å². The Kier molecular flexibility index (Phi) is 4.77. The van der Waals surface area contributed by atoms with Gasteiger partial charge in [-0.05, 0) is 30.0 Å². The fourth-order valence-electron chi connectivity index (χ4n) is 2.16. The van der Waals surface area contributed by atoms with Gasteiger partial charge in [0.1, 0.15) is 5.75 Å². The van der Waals surface area contributed by atoms with Gasteiger partial charge < -0.3 is 10.5 Å². The second kappa shape index (κ2) is 6.56. The zero-order valence-electron chi connectivity index (χ0n) is 12.1. The molecule has 0 saturated heterocycles. The highest BCUT2D eigenvalue weighted by molar-refractivity contribution is 5.76. The topological polar surface area (TPSA) is 63.9 Å². The molecule has 0 radical (unpaired) electrons. The van der Waals surface area contributed by atoms with Gasteiger partial charge in [0.15, 0.2) is 5.82 Å². The van der Waals surface area contributed by atoms with Gasteiger partial charge in [0.2, 0.25) is 0 Å². The van der Waals surface area contributed by atoms with Gasteiger partial charge >= 0.3 is 6.61 Å². The summed E-state index contributed by atoms with van der Waals surface area (Å²) in [5.74, 6) is 1.04. The van der Waals surface area contributed by atoms with Crippen molar-refractivity contribution >= 4 is 5.82 Å². The van der Waals surface area contributed by atoms with Gasteiger partial charge in [-0.2, -0.15) is 13.9 Å². The van der Waals surface area contributed by atoms with Crippen LogP contribution in [0.3, 0.4) is 0 Å². The van der Waals surface area contributed by atoms with Gasteiger partial charge in [-0.15, -0.1) is 0 Å². The predicted molar refractivity (Wildman–Crippen MR) is 78.2 cm³/mol. The molecule has 2 aromatic rings. The second-order valence-corrected chi connectivity index (χ2v) is 5.08. The Balaban J connectivity index is 2.27. The summed E-state index contributed by atoms with van der Waals surface area (Å²) in [5.41, 5.74) is 8.54. The van der Waals surface area contributed by atoms with Crippen LogP contribution in [0.25, 0.3) is 11.1 Å². The van der Waals surface area contributed by atoms with Gasteiger partial charge in [0, 0.05) is 11.3 Å². The van der Waals surface area contributed by atoms with E-state index in [0.717, 1.165) is 29.7 Å². The zero-order chi connectivity index (χ0) is 15.4. The highest BCUT2D eigenvalue weighted by Crippen LogP contribution is 2.31. The van der Waals surface area contributed by atoms with Gasteiger partial charge in [-0.3, -0.25) is 5.10 Å². The molecule has 1 aromatic carbocycles. The number of rotatable bonds is 6. The number of hydrogen-bond acceptors (Lipinski definition) is 3. The number of anilines is 1. The molecule has 0 spiro atoms. The number of aromatic amines is 1. The maximum Gasteiger partial charge on any atom is 0.387 e. The van der Waals surface area contributed by atoms with E-state index in [1.54, 1.807) is 12.1 Å². The first-order valence-electron chi connectivity index (χ1n) is 6.89. The standard InChI is InChI=1S/C15H19F2N3O/c1-3-9(2)8-12-13(14(18)20-19-12)10-4-6-11(7-5-10)21-15(16)17/h4-7,9,15H,3,8H2,1-2H3,(H3,18,19,20). The molecule has 4 nitrogen and oxygen atoms in total. The Morgan fingerprint density at radius 3 is 2.52 bits per heavy atom. The molecule has 2 rings (SSSR count). The minimum atomic E-state index is -2.82. The molecule has 0 aliphatic carbocycles. The first-order chi connectivity index (χ1) is 10.0. The lowest BCUT2D eigenvalue weighted by atomic mass is 9.97. The summed E-state index contributed by atoms with van der Waals surface area (Å²) in [6, 6.07) is 6.42. The lowest BCUT2D eigenvalue weighted by Gasteiger charge is -2.10. The highest BCUT2D eigenvalue weighted by Gasteiger charge is 2.15. The van der Waals surface area contributed by atoms with Crippen LogP contribution in [0.5, 0.6) is 5.75 Å². The first kappa shape index (κ1) is 15.3. The third kappa shape index (κ3) is 3.71. The molecule has 0 amide bonds. The maximum atomic E-state index is 12.1. The van der Waals surface area contributed by atoms with E-state index in [2.05, 4.69) is 28.8 Å². The maximum absolute atomic E-state index is 12.1. The summed E-state index contributed by atoms with van der Waals surface area (Å²) < 4.78 is 28.6. The van der Waals surface area contributed by atoms with Crippen molar-refractivity contribution in [2.45, 2.75) is 33.3 Å². The summed E-state index contributed by atoms with van der Waals surface area (Å²) in [4.78, 5) is 0. The molecule has 0 aliphatic rings. The molecule has 0 bridgehead atoms. The average molecular weight is 295 g/mol. The number of nitrogens with one attached hydrogen (secondary N) is 1. The van der Waals surface area contributed by atoms with E-state index in [9.17, 15) is 8.78 Å². The lowest BCUT2D eigenvalue weighted by molar-refractivity contribution is -0.0498. The Bertz CT molecular complexity index is 581. The van der Waals surface area contributed by atoms with Crippen LogP contribution in [-0.2, 0) is 6.42 Å². The molecule has 6 heteroatoms. The number of hydrogen-bond donors (Lipinski definition) is 2. The molecule has 1 atom stereocenters. The average Bonchev–Trinajstić information content (AvgIpc) is 2.80. The van der Waals surface area contributed by atoms with Crippen molar-refractivity contribution in [1.82, 2.24) is 10.2 Å². The second-order valence-electron chi connectivity index (χ2n) is 5.08. The highest BCUT2D eigenvalue weighted by atomic mass is 19.3. The number of nitrogens with zero attached hydrogens (tertiary/aromatic N) is 1. The number of nitrogen functional groups attached to an aromatic ring is 1. The molecule has 1 aromatic heterocycles. The predicted octanol–water partition coefficient (Wildman–Crippen LogP) is 3.85. The van der Waals surface area contributed by atoms with Crippen LogP contribution < -0.4 is 10.5 Å². The Morgan fingerprint density at radius 2 is 1.95 bits per heavy atom. The fraction of sp³-hybridized carbons (Fsp3) is 0.400. The van der Waals surface area contributed by atoms with Crippen molar-refractivity contribution in [3.8, 4) is 16.9 Å². The number of aromatic nitrogens is 2. The number of alkyl halides is 2. The molecular weight excluding hydrogens is 276 g/mol. The molecule has 1 heterocycles. The van der Waals surface area contributed by atoms with Crippen LogP contribution in [0.4, 0.5) is 14.6 Å². The first-order valence-corrected chi connectivity index (χ1v) is 6.89. The third-order valence-corrected chi connectivity index (χ3v) is 3.49. The van der Waals surface area contributed by atoms with Crippen molar-refractivity contribution in [2.75, 3.05) is 5.73 Å². The van der Waals surface area contributed by atoms with Crippen molar-refractivity contribution in [3.05, 3.63) is 30.0 Å². The Hall–Kier alpha value is -2.11. The SMILES string of the molecule is CCC(C)Cc1[nH]nc(N)c1-c1ccc(OC(F)F)cc1. The minimum absolute atomic E-state index is 0.124. The summed E-state index contributed by atoms with van der Waals surface area (Å²) in [5, 5.41) is 7.01. The summed E-state index contributed by atoms with van der Waals surface area (Å²) >= 11 is 0. The van der Waals surface area contributed by atoms with Crippen LogP contribution >= 0.6 is 0 Å². The van der Waals surface area contributed by atoms with Crippen molar-refractivity contribution in [2.24, 2.45) is 5.92 Å². The third-order valence-electron chi connectivity index (χ3n) is 3.49. The van der Waals surface area contributed by atoms with Crippen LogP contribution in [0.1, 0.15) is 26.0 Å². The Labute approximate surface area is 122 Å². The lowest BCUT2D eigenvalue weighted by Crippen LogP contribution is -2.02. The molecular formula is C15H19F2N3O. The molecule has 0 aliphatic heterocycles. The molecule has 0 fully saturated rings. The quantitative estimate of drug-likeness (QED) is 0.850. The van der Waals surface area contributed by atoms with E-state index in [1.807, 2.05) is 0 Å². The van der Waals surface area contributed by atoms with E-state index in [-0.39, 0.29) is 5.75 Å². The molecule has 3 N–H and O–H groups in total. The summed E-state index contributed by atoms with van der Waals surface area (Å²) in [7, 11) is 0. The fourth-order valence-corrected chi connectivity index (χ4v) is 2.16. The molecule has 114 valence electrons. The van der Waals surface area contributed by atoms with Crippen LogP contribution in [0.15, 0.2) is 24.3 Å². The van der Waals surface area contributed by atoms with Crippen LogP contribution in [0, 0.1) is 5.92 Å². The van der Waals surface area contributed by atoms with Crippen molar-refractivity contribution in [3.63, 3.8) is 0 Å². The normalized spacial score (nSPS) is 12.6. The molecule has 0 saturated carbocycles. The zero-order valence-corrected chi connectivity index (χ0v) is 12.1. The molecule has 1 unspecified atom stereocenters. The van der Waals surface area contributed by atoms with Gasteiger partial charge in [-0.1, -0.05) is 32.4 Å². The van der Waals surface area contributed by atoms with Crippen molar-refractivity contribution < 1.29 is 13.5 Å².